The molecule has 17 heavy (non-hydrogen) atoms. The van der Waals surface area contributed by atoms with Crippen LogP contribution in [0.2, 0.25) is 0 Å². The van der Waals surface area contributed by atoms with Gasteiger partial charge in [-0.2, -0.15) is 0 Å². The molecule has 1 aliphatic heterocycles. The van der Waals surface area contributed by atoms with Crippen molar-refractivity contribution in [2.24, 2.45) is 10.7 Å². The number of methoxy groups -OCH3 is 1. The molecule has 0 saturated heterocycles. The highest BCUT2D eigenvalue weighted by atomic mass is 32.1. The Kier molecular flexibility index (Phi) is 2.60. The van der Waals surface area contributed by atoms with Crippen LogP contribution in [0.3, 0.4) is 0 Å². The zero-order valence-corrected chi connectivity index (χ0v) is 10.7. The normalized spacial score (nSPS) is 31.7. The number of nitrogens with zero attached hydrogens (tertiary/aromatic N) is 2. The summed E-state index contributed by atoms with van der Waals surface area (Å²) in [4.78, 5) is 8.01. The molecule has 1 aromatic rings. The van der Waals surface area contributed by atoms with Crippen LogP contribution in [-0.2, 0) is 11.3 Å². The maximum absolute atomic E-state index is 6.01. The molecular weight excluding hydrogens is 234 g/mol. The van der Waals surface area contributed by atoms with Crippen molar-refractivity contribution in [3.05, 3.63) is 22.4 Å². The second-order valence-electron chi connectivity index (χ2n) is 4.83. The second-order valence-corrected chi connectivity index (χ2v) is 5.86. The molecule has 1 spiro atoms. The van der Waals surface area contributed by atoms with E-state index in [4.69, 9.17) is 10.5 Å². The minimum absolute atomic E-state index is 0.134. The van der Waals surface area contributed by atoms with Crippen LogP contribution in [0.5, 0.6) is 0 Å². The molecular formula is C12H17N3OS. The van der Waals surface area contributed by atoms with Crippen LogP contribution < -0.4 is 5.73 Å². The molecule has 2 heterocycles. The van der Waals surface area contributed by atoms with E-state index >= 15 is 0 Å². The van der Waals surface area contributed by atoms with Crippen LogP contribution in [-0.4, -0.2) is 36.2 Å². The van der Waals surface area contributed by atoms with Gasteiger partial charge in [0.1, 0.15) is 0 Å². The first-order chi connectivity index (χ1) is 8.23. The first kappa shape index (κ1) is 11.0. The van der Waals surface area contributed by atoms with Crippen molar-refractivity contribution in [1.29, 1.82) is 0 Å². The Labute approximate surface area is 105 Å². The van der Waals surface area contributed by atoms with Gasteiger partial charge in [-0.05, 0) is 24.3 Å². The average Bonchev–Trinajstić information content (AvgIpc) is 2.87. The summed E-state index contributed by atoms with van der Waals surface area (Å²) in [6.07, 6.45) is 2.46. The highest BCUT2D eigenvalue weighted by Crippen LogP contribution is 2.43. The Morgan fingerprint density at radius 1 is 1.65 bits per heavy atom. The summed E-state index contributed by atoms with van der Waals surface area (Å²) in [7, 11) is 1.78. The predicted octanol–water partition coefficient (Wildman–Crippen LogP) is 1.43. The minimum Gasteiger partial charge on any atom is -0.381 e. The second kappa shape index (κ2) is 3.99. The summed E-state index contributed by atoms with van der Waals surface area (Å²) in [6.45, 7) is 1.70. The van der Waals surface area contributed by atoms with E-state index in [-0.39, 0.29) is 5.54 Å². The van der Waals surface area contributed by atoms with Gasteiger partial charge in [-0.3, -0.25) is 4.99 Å². The molecule has 1 saturated carbocycles. The summed E-state index contributed by atoms with van der Waals surface area (Å²) in [5.74, 6) is 0.688. The van der Waals surface area contributed by atoms with Gasteiger partial charge in [-0.15, -0.1) is 11.3 Å². The standard InChI is InChI=1S/C12H17N3OS/c1-16-9-5-12(6-9)8-14-11(13)15(12)7-10-3-2-4-17-10/h2-4,9H,5-8H2,1H3,(H2,13,14). The number of aliphatic imine (C=N–C) groups is 1. The fourth-order valence-corrected chi connectivity index (χ4v) is 3.45. The van der Waals surface area contributed by atoms with E-state index in [1.165, 1.54) is 4.88 Å². The summed E-state index contributed by atoms with van der Waals surface area (Å²) in [5.41, 5.74) is 6.14. The lowest BCUT2D eigenvalue weighted by Crippen LogP contribution is -2.61. The van der Waals surface area contributed by atoms with E-state index in [2.05, 4.69) is 27.4 Å². The molecule has 0 aromatic carbocycles. The number of thiophene rings is 1. The third kappa shape index (κ3) is 1.73. The van der Waals surface area contributed by atoms with Gasteiger partial charge in [0.05, 0.1) is 24.7 Å². The van der Waals surface area contributed by atoms with Gasteiger partial charge in [0.25, 0.3) is 0 Å². The average molecular weight is 251 g/mol. The van der Waals surface area contributed by atoms with Crippen LogP contribution in [0.4, 0.5) is 0 Å². The summed E-state index contributed by atoms with van der Waals surface area (Å²) >= 11 is 1.77. The lowest BCUT2D eigenvalue weighted by molar-refractivity contribution is -0.0584. The molecule has 2 aliphatic rings. The topological polar surface area (TPSA) is 50.9 Å². The third-order valence-electron chi connectivity index (χ3n) is 3.83. The van der Waals surface area contributed by atoms with Gasteiger partial charge in [0.15, 0.2) is 5.96 Å². The number of rotatable bonds is 3. The Balaban J connectivity index is 1.74. The molecule has 4 nitrogen and oxygen atoms in total. The predicted molar refractivity (Wildman–Crippen MR) is 69.1 cm³/mol. The van der Waals surface area contributed by atoms with Crippen molar-refractivity contribution in [3.8, 4) is 0 Å². The molecule has 1 aliphatic carbocycles. The molecule has 0 bridgehead atoms. The van der Waals surface area contributed by atoms with Crippen molar-refractivity contribution in [2.75, 3.05) is 13.7 Å². The molecule has 0 radical (unpaired) electrons. The first-order valence-electron chi connectivity index (χ1n) is 5.86. The molecule has 0 amide bonds. The van der Waals surface area contributed by atoms with Gasteiger partial charge in [0.2, 0.25) is 0 Å². The Bertz CT molecular complexity index is 423. The summed E-state index contributed by atoms with van der Waals surface area (Å²) < 4.78 is 5.38. The highest BCUT2D eigenvalue weighted by Gasteiger charge is 2.52. The largest absolute Gasteiger partial charge is 0.381 e. The number of hydrogen-bond acceptors (Lipinski definition) is 5. The number of nitrogens with two attached hydrogens (primary N) is 1. The van der Waals surface area contributed by atoms with Crippen LogP contribution in [0.15, 0.2) is 22.5 Å². The zero-order chi connectivity index (χ0) is 11.9. The maximum Gasteiger partial charge on any atom is 0.192 e. The van der Waals surface area contributed by atoms with Gasteiger partial charge in [0, 0.05) is 12.0 Å². The van der Waals surface area contributed by atoms with Gasteiger partial charge in [-0.1, -0.05) is 6.07 Å². The van der Waals surface area contributed by atoms with Crippen LogP contribution in [0, 0.1) is 0 Å². The lowest BCUT2D eigenvalue weighted by atomic mass is 9.73. The van der Waals surface area contributed by atoms with Crippen molar-refractivity contribution >= 4 is 17.3 Å². The molecule has 1 aromatic heterocycles. The van der Waals surface area contributed by atoms with E-state index in [9.17, 15) is 0 Å². The van der Waals surface area contributed by atoms with E-state index in [1.54, 1.807) is 18.4 Å². The molecule has 2 N–H and O–H groups in total. The Hall–Kier alpha value is -1.07. The van der Waals surface area contributed by atoms with E-state index < -0.39 is 0 Å². The molecule has 92 valence electrons. The van der Waals surface area contributed by atoms with Gasteiger partial charge < -0.3 is 15.4 Å². The van der Waals surface area contributed by atoms with E-state index in [1.807, 2.05) is 0 Å². The quantitative estimate of drug-likeness (QED) is 0.884. The highest BCUT2D eigenvalue weighted by molar-refractivity contribution is 7.09. The monoisotopic (exact) mass is 251 g/mol. The molecule has 3 rings (SSSR count). The fourth-order valence-electron chi connectivity index (χ4n) is 2.75. The van der Waals surface area contributed by atoms with Crippen molar-refractivity contribution in [2.45, 2.75) is 31.0 Å². The van der Waals surface area contributed by atoms with Gasteiger partial charge in [-0.25, -0.2) is 0 Å². The summed E-state index contributed by atoms with van der Waals surface area (Å²) in [5, 5.41) is 2.10. The Morgan fingerprint density at radius 3 is 3.12 bits per heavy atom. The van der Waals surface area contributed by atoms with E-state index in [0.717, 1.165) is 25.9 Å². The maximum atomic E-state index is 6.01. The van der Waals surface area contributed by atoms with Gasteiger partial charge >= 0.3 is 0 Å². The number of guanidine groups is 1. The van der Waals surface area contributed by atoms with Crippen molar-refractivity contribution < 1.29 is 4.74 Å². The van der Waals surface area contributed by atoms with Crippen LogP contribution >= 0.6 is 11.3 Å². The summed E-state index contributed by atoms with van der Waals surface area (Å²) in [6, 6.07) is 4.23. The fraction of sp³-hybridized carbons (Fsp3) is 0.583. The van der Waals surface area contributed by atoms with Crippen molar-refractivity contribution in [3.63, 3.8) is 0 Å². The number of ether oxygens (including phenoxy) is 1. The minimum atomic E-state index is 0.134. The van der Waals surface area contributed by atoms with Crippen LogP contribution in [0.25, 0.3) is 0 Å². The molecule has 5 heteroatoms. The number of hydrogen-bond donors (Lipinski definition) is 1. The van der Waals surface area contributed by atoms with Crippen LogP contribution in [0.1, 0.15) is 17.7 Å². The zero-order valence-electron chi connectivity index (χ0n) is 9.93. The lowest BCUT2D eigenvalue weighted by Gasteiger charge is -2.50. The first-order valence-corrected chi connectivity index (χ1v) is 6.74. The smallest absolute Gasteiger partial charge is 0.192 e. The SMILES string of the molecule is COC1CC2(CN=C(N)N2Cc2cccs2)C1. The third-order valence-corrected chi connectivity index (χ3v) is 4.69. The molecule has 0 atom stereocenters. The molecule has 1 fully saturated rings. The van der Waals surface area contributed by atoms with Crippen molar-refractivity contribution in [1.82, 2.24) is 4.90 Å². The molecule has 0 unspecified atom stereocenters. The van der Waals surface area contributed by atoms with E-state index in [0.29, 0.717) is 12.1 Å². The Morgan fingerprint density at radius 2 is 2.47 bits per heavy atom.